The summed E-state index contributed by atoms with van der Waals surface area (Å²) < 4.78 is 16.0. The average Bonchev–Trinajstić information content (AvgIpc) is 2.36. The van der Waals surface area contributed by atoms with Crippen LogP contribution >= 0.6 is 0 Å². The van der Waals surface area contributed by atoms with E-state index in [1.54, 1.807) is 21.3 Å². The highest BCUT2D eigenvalue weighted by atomic mass is 16.5. The summed E-state index contributed by atoms with van der Waals surface area (Å²) in [4.78, 5) is 0. The minimum Gasteiger partial charge on any atom is -0.493 e. The van der Waals surface area contributed by atoms with Gasteiger partial charge in [0.2, 0.25) is 5.75 Å². The molecule has 1 aromatic carbocycles. The fourth-order valence-corrected chi connectivity index (χ4v) is 1.89. The van der Waals surface area contributed by atoms with Crippen molar-refractivity contribution in [1.29, 1.82) is 0 Å². The standard InChI is InChI=1S/C14H20O3/c1-6-7-10(2)11-8-9-12(15-3)14(17-5)13(11)16-4/h6,8-10H,1,7H2,2-5H3. The predicted molar refractivity (Wildman–Crippen MR) is 69.3 cm³/mol. The van der Waals surface area contributed by atoms with E-state index < -0.39 is 0 Å². The van der Waals surface area contributed by atoms with Crippen LogP contribution in [0, 0.1) is 0 Å². The first kappa shape index (κ1) is 13.4. The lowest BCUT2D eigenvalue weighted by Crippen LogP contribution is -2.01. The van der Waals surface area contributed by atoms with Crippen LogP contribution in [0.5, 0.6) is 17.2 Å². The first-order valence-electron chi connectivity index (χ1n) is 5.59. The number of allylic oxidation sites excluding steroid dienone is 1. The van der Waals surface area contributed by atoms with Crippen LogP contribution in [0.25, 0.3) is 0 Å². The van der Waals surface area contributed by atoms with Crippen molar-refractivity contribution in [2.24, 2.45) is 0 Å². The van der Waals surface area contributed by atoms with E-state index >= 15 is 0 Å². The normalized spacial score (nSPS) is 11.8. The van der Waals surface area contributed by atoms with Crippen LogP contribution < -0.4 is 14.2 Å². The SMILES string of the molecule is C=CCC(C)c1ccc(OC)c(OC)c1OC. The van der Waals surface area contributed by atoms with Crippen molar-refractivity contribution in [3.05, 3.63) is 30.4 Å². The molecule has 1 atom stereocenters. The second-order valence-corrected chi connectivity index (χ2v) is 3.85. The van der Waals surface area contributed by atoms with Gasteiger partial charge < -0.3 is 14.2 Å². The molecule has 0 aliphatic rings. The maximum absolute atomic E-state index is 5.44. The summed E-state index contributed by atoms with van der Waals surface area (Å²) in [6.45, 7) is 5.89. The van der Waals surface area contributed by atoms with E-state index in [0.717, 1.165) is 17.7 Å². The van der Waals surface area contributed by atoms with Gasteiger partial charge in [0, 0.05) is 5.56 Å². The molecular weight excluding hydrogens is 216 g/mol. The Labute approximate surface area is 103 Å². The molecule has 1 rings (SSSR count). The smallest absolute Gasteiger partial charge is 0.203 e. The van der Waals surface area contributed by atoms with E-state index in [1.807, 2.05) is 18.2 Å². The van der Waals surface area contributed by atoms with Gasteiger partial charge in [0.1, 0.15) is 0 Å². The molecule has 1 unspecified atom stereocenters. The van der Waals surface area contributed by atoms with Gasteiger partial charge in [0.05, 0.1) is 21.3 Å². The van der Waals surface area contributed by atoms with Crippen molar-refractivity contribution in [3.63, 3.8) is 0 Å². The minimum absolute atomic E-state index is 0.335. The third-order valence-electron chi connectivity index (χ3n) is 2.79. The number of rotatable bonds is 6. The van der Waals surface area contributed by atoms with Crippen molar-refractivity contribution in [2.75, 3.05) is 21.3 Å². The van der Waals surface area contributed by atoms with E-state index in [-0.39, 0.29) is 0 Å². The van der Waals surface area contributed by atoms with Gasteiger partial charge in [-0.05, 0) is 18.4 Å². The Morgan fingerprint density at radius 1 is 1.12 bits per heavy atom. The largest absolute Gasteiger partial charge is 0.493 e. The Morgan fingerprint density at radius 2 is 1.76 bits per heavy atom. The highest BCUT2D eigenvalue weighted by Crippen LogP contribution is 2.43. The molecule has 0 bridgehead atoms. The molecule has 94 valence electrons. The first-order valence-corrected chi connectivity index (χ1v) is 5.59. The third kappa shape index (κ3) is 2.73. The summed E-state index contributed by atoms with van der Waals surface area (Å²) in [6.07, 6.45) is 2.80. The van der Waals surface area contributed by atoms with E-state index in [0.29, 0.717) is 17.4 Å². The van der Waals surface area contributed by atoms with Crippen LogP contribution in [0.2, 0.25) is 0 Å². The lowest BCUT2D eigenvalue weighted by Gasteiger charge is -2.18. The summed E-state index contributed by atoms with van der Waals surface area (Å²) in [7, 11) is 4.87. The summed E-state index contributed by atoms with van der Waals surface area (Å²) in [5.41, 5.74) is 1.10. The topological polar surface area (TPSA) is 27.7 Å². The molecule has 0 N–H and O–H groups in total. The van der Waals surface area contributed by atoms with E-state index in [4.69, 9.17) is 14.2 Å². The molecule has 0 heterocycles. The molecule has 17 heavy (non-hydrogen) atoms. The number of hydrogen-bond donors (Lipinski definition) is 0. The molecule has 0 fully saturated rings. The Bertz CT molecular complexity index is 385. The quantitative estimate of drug-likeness (QED) is 0.708. The maximum Gasteiger partial charge on any atom is 0.203 e. The highest BCUT2D eigenvalue weighted by Gasteiger charge is 2.18. The van der Waals surface area contributed by atoms with Crippen molar-refractivity contribution in [3.8, 4) is 17.2 Å². The zero-order valence-electron chi connectivity index (χ0n) is 10.9. The lowest BCUT2D eigenvalue weighted by atomic mass is 9.96. The van der Waals surface area contributed by atoms with E-state index in [2.05, 4.69) is 13.5 Å². The van der Waals surface area contributed by atoms with Crippen LogP contribution in [-0.2, 0) is 0 Å². The van der Waals surface area contributed by atoms with Gasteiger partial charge in [-0.25, -0.2) is 0 Å². The number of ether oxygens (including phenoxy) is 3. The average molecular weight is 236 g/mol. The van der Waals surface area contributed by atoms with Gasteiger partial charge >= 0.3 is 0 Å². The van der Waals surface area contributed by atoms with Gasteiger partial charge in [-0.2, -0.15) is 0 Å². The summed E-state index contributed by atoms with van der Waals surface area (Å²) in [5, 5.41) is 0. The van der Waals surface area contributed by atoms with Gasteiger partial charge in [-0.3, -0.25) is 0 Å². The second-order valence-electron chi connectivity index (χ2n) is 3.85. The molecule has 1 aromatic rings. The van der Waals surface area contributed by atoms with Crippen molar-refractivity contribution in [1.82, 2.24) is 0 Å². The Balaban J connectivity index is 3.27. The number of methoxy groups -OCH3 is 3. The summed E-state index contributed by atoms with van der Waals surface area (Å²) in [5.74, 6) is 2.39. The number of hydrogen-bond acceptors (Lipinski definition) is 3. The second kappa shape index (κ2) is 6.18. The van der Waals surface area contributed by atoms with Gasteiger partial charge in [-0.1, -0.05) is 19.1 Å². The number of benzene rings is 1. The van der Waals surface area contributed by atoms with E-state index in [9.17, 15) is 0 Å². The van der Waals surface area contributed by atoms with Crippen LogP contribution in [0.1, 0.15) is 24.8 Å². The van der Waals surface area contributed by atoms with Crippen LogP contribution in [0.4, 0.5) is 0 Å². The van der Waals surface area contributed by atoms with Gasteiger partial charge in [-0.15, -0.1) is 6.58 Å². The molecule has 0 aromatic heterocycles. The molecule has 0 radical (unpaired) electrons. The molecule has 0 aliphatic carbocycles. The zero-order valence-corrected chi connectivity index (χ0v) is 10.9. The maximum atomic E-state index is 5.44. The molecule has 0 saturated carbocycles. The third-order valence-corrected chi connectivity index (χ3v) is 2.79. The summed E-state index contributed by atoms with van der Waals surface area (Å²) >= 11 is 0. The first-order chi connectivity index (χ1) is 8.19. The Morgan fingerprint density at radius 3 is 2.24 bits per heavy atom. The lowest BCUT2D eigenvalue weighted by molar-refractivity contribution is 0.321. The van der Waals surface area contributed by atoms with Crippen LogP contribution in [-0.4, -0.2) is 21.3 Å². The molecular formula is C14H20O3. The Hall–Kier alpha value is -1.64. The van der Waals surface area contributed by atoms with Crippen molar-refractivity contribution in [2.45, 2.75) is 19.3 Å². The Kier molecular flexibility index (Phi) is 4.88. The fraction of sp³-hybridized carbons (Fsp3) is 0.429. The van der Waals surface area contributed by atoms with Crippen molar-refractivity contribution < 1.29 is 14.2 Å². The van der Waals surface area contributed by atoms with E-state index in [1.165, 1.54) is 0 Å². The summed E-state index contributed by atoms with van der Waals surface area (Å²) in [6, 6.07) is 3.91. The molecule has 3 nitrogen and oxygen atoms in total. The van der Waals surface area contributed by atoms with Gasteiger partial charge in [0.25, 0.3) is 0 Å². The minimum atomic E-state index is 0.335. The fourth-order valence-electron chi connectivity index (χ4n) is 1.89. The monoisotopic (exact) mass is 236 g/mol. The van der Waals surface area contributed by atoms with Gasteiger partial charge in [0.15, 0.2) is 11.5 Å². The predicted octanol–water partition coefficient (Wildman–Crippen LogP) is 3.39. The molecule has 0 saturated heterocycles. The molecule has 0 amide bonds. The highest BCUT2D eigenvalue weighted by molar-refractivity contribution is 5.56. The molecule has 3 heteroatoms. The molecule has 0 spiro atoms. The van der Waals surface area contributed by atoms with Crippen LogP contribution in [0.15, 0.2) is 24.8 Å². The zero-order chi connectivity index (χ0) is 12.8. The van der Waals surface area contributed by atoms with Crippen LogP contribution in [0.3, 0.4) is 0 Å². The van der Waals surface area contributed by atoms with Crippen molar-refractivity contribution >= 4 is 0 Å². The molecule has 0 aliphatic heterocycles.